The molecule has 0 saturated heterocycles. The largest absolute Gasteiger partial charge is 0.123 e. The van der Waals surface area contributed by atoms with Gasteiger partial charge in [0.15, 0.2) is 0 Å². The van der Waals surface area contributed by atoms with Crippen molar-refractivity contribution in [2.24, 2.45) is 5.92 Å². The van der Waals surface area contributed by atoms with E-state index in [2.05, 4.69) is 13.8 Å². The summed E-state index contributed by atoms with van der Waals surface area (Å²) in [5.41, 5.74) is 1.08. The summed E-state index contributed by atoms with van der Waals surface area (Å²) in [6.45, 7) is 4.23. The quantitative estimate of drug-likeness (QED) is 0.657. The Bertz CT molecular complexity index is 323. The summed E-state index contributed by atoms with van der Waals surface area (Å²) in [6, 6.07) is 5.73. The average molecular weight is 266 g/mol. The van der Waals surface area contributed by atoms with Crippen LogP contribution in [0.3, 0.4) is 0 Å². The molecule has 3 heteroatoms. The zero-order valence-corrected chi connectivity index (χ0v) is 11.2. The number of alkyl halides is 1. The molecule has 0 aliphatic carbocycles. The first-order chi connectivity index (χ1) is 7.06. The molecule has 15 heavy (non-hydrogen) atoms. The van der Waals surface area contributed by atoms with Crippen LogP contribution in [-0.4, -0.2) is 5.38 Å². The van der Waals surface area contributed by atoms with Crippen LogP contribution in [0.4, 0.5) is 0 Å². The van der Waals surface area contributed by atoms with Gasteiger partial charge in [0, 0.05) is 5.38 Å². The molecule has 84 valence electrons. The second kappa shape index (κ2) is 5.98. The Morgan fingerprint density at radius 3 is 2.53 bits per heavy atom. The van der Waals surface area contributed by atoms with Crippen molar-refractivity contribution < 1.29 is 0 Å². The summed E-state index contributed by atoms with van der Waals surface area (Å²) in [7, 11) is 0. The Labute approximate surface area is 107 Å². The van der Waals surface area contributed by atoms with Gasteiger partial charge in [0.05, 0.1) is 10.0 Å². The molecule has 2 atom stereocenters. The van der Waals surface area contributed by atoms with Gasteiger partial charge in [-0.3, -0.25) is 0 Å². The first-order valence-corrected chi connectivity index (χ1v) is 6.32. The van der Waals surface area contributed by atoms with Crippen molar-refractivity contribution in [1.82, 2.24) is 0 Å². The van der Waals surface area contributed by atoms with Gasteiger partial charge in [-0.05, 0) is 30.4 Å². The molecule has 0 bridgehead atoms. The first-order valence-electron chi connectivity index (χ1n) is 5.13. The number of hydrogen-bond donors (Lipinski definition) is 0. The summed E-state index contributed by atoms with van der Waals surface area (Å²) >= 11 is 18.2. The van der Waals surface area contributed by atoms with Gasteiger partial charge in [0.25, 0.3) is 0 Å². The Kier molecular flexibility index (Phi) is 5.25. The van der Waals surface area contributed by atoms with Crippen molar-refractivity contribution >= 4 is 34.8 Å². The van der Waals surface area contributed by atoms with Gasteiger partial charge in [-0.15, -0.1) is 11.6 Å². The monoisotopic (exact) mass is 264 g/mol. The molecule has 0 N–H and O–H groups in total. The van der Waals surface area contributed by atoms with Crippen LogP contribution in [0.25, 0.3) is 0 Å². The van der Waals surface area contributed by atoms with Crippen LogP contribution < -0.4 is 0 Å². The Morgan fingerprint density at radius 1 is 1.27 bits per heavy atom. The fourth-order valence-corrected chi connectivity index (χ4v) is 2.07. The summed E-state index contributed by atoms with van der Waals surface area (Å²) in [6.07, 6.45) is 1.85. The van der Waals surface area contributed by atoms with E-state index in [-0.39, 0.29) is 5.38 Å². The third kappa shape index (κ3) is 3.55. The van der Waals surface area contributed by atoms with E-state index in [1.54, 1.807) is 6.07 Å². The minimum Gasteiger partial charge on any atom is -0.123 e. The smallest absolute Gasteiger partial charge is 0.0624 e. The predicted octanol–water partition coefficient (Wildman–Crippen LogP) is 5.19. The highest BCUT2D eigenvalue weighted by Crippen LogP contribution is 2.29. The topological polar surface area (TPSA) is 0 Å². The molecule has 1 rings (SSSR count). The van der Waals surface area contributed by atoms with E-state index in [0.717, 1.165) is 18.4 Å². The number of benzene rings is 1. The normalized spacial score (nSPS) is 15.0. The van der Waals surface area contributed by atoms with Crippen molar-refractivity contribution in [3.05, 3.63) is 33.8 Å². The van der Waals surface area contributed by atoms with Gasteiger partial charge in [-0.25, -0.2) is 0 Å². The lowest BCUT2D eigenvalue weighted by Gasteiger charge is -2.17. The van der Waals surface area contributed by atoms with E-state index < -0.39 is 0 Å². The Morgan fingerprint density at radius 2 is 1.93 bits per heavy atom. The molecule has 0 radical (unpaired) electrons. The van der Waals surface area contributed by atoms with Gasteiger partial charge in [-0.1, -0.05) is 49.2 Å². The predicted molar refractivity (Wildman–Crippen MR) is 69.3 cm³/mol. The summed E-state index contributed by atoms with van der Waals surface area (Å²) in [4.78, 5) is 0. The van der Waals surface area contributed by atoms with Crippen molar-refractivity contribution in [1.29, 1.82) is 0 Å². The standard InChI is InChI=1S/C12H15Cl3/c1-3-10(13)8(2)7-9-5-4-6-11(14)12(9)15/h4-6,8,10H,3,7H2,1-2H3. The summed E-state index contributed by atoms with van der Waals surface area (Å²) in [5, 5.41) is 1.47. The third-order valence-electron chi connectivity index (χ3n) is 2.58. The van der Waals surface area contributed by atoms with Gasteiger partial charge in [0.1, 0.15) is 0 Å². The molecule has 0 aromatic heterocycles. The van der Waals surface area contributed by atoms with Crippen molar-refractivity contribution in [3.63, 3.8) is 0 Å². The maximum Gasteiger partial charge on any atom is 0.0624 e. The number of rotatable bonds is 4. The minimum absolute atomic E-state index is 0.194. The van der Waals surface area contributed by atoms with Gasteiger partial charge < -0.3 is 0 Å². The highest BCUT2D eigenvalue weighted by molar-refractivity contribution is 6.42. The van der Waals surface area contributed by atoms with Crippen LogP contribution in [0.15, 0.2) is 18.2 Å². The van der Waals surface area contributed by atoms with Gasteiger partial charge in [0.2, 0.25) is 0 Å². The molecule has 0 nitrogen and oxygen atoms in total. The molecular formula is C12H15Cl3. The van der Waals surface area contributed by atoms with Crippen LogP contribution in [0.5, 0.6) is 0 Å². The zero-order chi connectivity index (χ0) is 11.4. The molecule has 2 unspecified atom stereocenters. The van der Waals surface area contributed by atoms with Crippen LogP contribution in [-0.2, 0) is 6.42 Å². The Hall–Kier alpha value is 0.0900. The molecule has 0 spiro atoms. The highest BCUT2D eigenvalue weighted by Gasteiger charge is 2.15. The van der Waals surface area contributed by atoms with E-state index in [1.165, 1.54) is 0 Å². The lowest BCUT2D eigenvalue weighted by Crippen LogP contribution is -2.13. The van der Waals surface area contributed by atoms with E-state index in [0.29, 0.717) is 16.0 Å². The molecule has 1 aromatic carbocycles. The fraction of sp³-hybridized carbons (Fsp3) is 0.500. The maximum absolute atomic E-state index is 6.18. The molecule has 0 heterocycles. The van der Waals surface area contributed by atoms with Gasteiger partial charge in [-0.2, -0.15) is 0 Å². The molecule has 0 aliphatic heterocycles. The number of halogens is 3. The maximum atomic E-state index is 6.18. The highest BCUT2D eigenvalue weighted by atomic mass is 35.5. The first kappa shape index (κ1) is 13.2. The van der Waals surface area contributed by atoms with Crippen LogP contribution in [0.1, 0.15) is 25.8 Å². The number of hydrogen-bond acceptors (Lipinski definition) is 0. The van der Waals surface area contributed by atoms with E-state index in [1.807, 2.05) is 12.1 Å². The second-order valence-corrected chi connectivity index (χ2v) is 5.16. The van der Waals surface area contributed by atoms with Crippen molar-refractivity contribution in [3.8, 4) is 0 Å². The molecule has 1 aromatic rings. The van der Waals surface area contributed by atoms with Crippen LogP contribution in [0, 0.1) is 5.92 Å². The molecule has 0 amide bonds. The third-order valence-corrected chi connectivity index (χ3v) is 4.18. The lowest BCUT2D eigenvalue weighted by atomic mass is 9.96. The van der Waals surface area contributed by atoms with Crippen molar-refractivity contribution in [2.45, 2.75) is 32.1 Å². The van der Waals surface area contributed by atoms with Crippen molar-refractivity contribution in [2.75, 3.05) is 0 Å². The molecule has 0 saturated carbocycles. The van der Waals surface area contributed by atoms with E-state index in [4.69, 9.17) is 34.8 Å². The molecular weight excluding hydrogens is 250 g/mol. The van der Waals surface area contributed by atoms with E-state index in [9.17, 15) is 0 Å². The fourth-order valence-electron chi connectivity index (χ4n) is 1.58. The summed E-state index contributed by atoms with van der Waals surface area (Å²) < 4.78 is 0. The minimum atomic E-state index is 0.194. The average Bonchev–Trinajstić information content (AvgIpc) is 2.23. The summed E-state index contributed by atoms with van der Waals surface area (Å²) in [5.74, 6) is 0.410. The van der Waals surface area contributed by atoms with E-state index >= 15 is 0 Å². The van der Waals surface area contributed by atoms with Crippen LogP contribution in [0.2, 0.25) is 10.0 Å². The Balaban J connectivity index is 2.76. The molecule has 0 fully saturated rings. The molecule has 0 aliphatic rings. The van der Waals surface area contributed by atoms with Crippen LogP contribution >= 0.6 is 34.8 Å². The SMILES string of the molecule is CCC(Cl)C(C)Cc1cccc(Cl)c1Cl. The lowest BCUT2D eigenvalue weighted by molar-refractivity contribution is 0.531. The zero-order valence-electron chi connectivity index (χ0n) is 8.93. The van der Waals surface area contributed by atoms with Gasteiger partial charge >= 0.3 is 0 Å². The second-order valence-electron chi connectivity index (χ2n) is 3.82.